The molecular weight excluding hydrogens is 166 g/mol. The fraction of sp³-hybridized carbons (Fsp3) is 0.556. The Bertz CT molecular complexity index is 248. The van der Waals surface area contributed by atoms with Crippen molar-refractivity contribution in [2.45, 2.75) is 26.3 Å². The maximum absolute atomic E-state index is 8.68. The molecule has 1 aromatic rings. The summed E-state index contributed by atoms with van der Waals surface area (Å²) < 4.78 is 0. The van der Waals surface area contributed by atoms with Crippen LogP contribution >= 0.6 is 0 Å². The van der Waals surface area contributed by atoms with E-state index in [4.69, 9.17) is 5.11 Å². The average Bonchev–Trinajstić information content (AvgIpc) is 2.09. The molecule has 0 bridgehead atoms. The second kappa shape index (κ2) is 4.77. The molecule has 0 radical (unpaired) electrons. The molecule has 0 saturated heterocycles. The molecule has 0 amide bonds. The molecule has 0 aromatic carbocycles. The van der Waals surface area contributed by atoms with Crippen LogP contribution < -0.4 is 5.32 Å². The molecule has 0 aliphatic carbocycles. The molecule has 1 heterocycles. The first-order valence-electron chi connectivity index (χ1n) is 4.40. The lowest BCUT2D eigenvalue weighted by molar-refractivity contribution is 0.282. The molecule has 1 atom stereocenters. The van der Waals surface area contributed by atoms with E-state index in [2.05, 4.69) is 15.5 Å². The zero-order chi connectivity index (χ0) is 9.68. The van der Waals surface area contributed by atoms with E-state index in [1.807, 2.05) is 26.0 Å². The predicted molar refractivity (Wildman–Crippen MR) is 51.6 cm³/mol. The normalized spacial score (nSPS) is 12.5. The van der Waals surface area contributed by atoms with Crippen LogP contribution in [0.5, 0.6) is 0 Å². The van der Waals surface area contributed by atoms with E-state index in [9.17, 15) is 0 Å². The zero-order valence-electron chi connectivity index (χ0n) is 7.99. The SMILES string of the molecule is Cc1ccc(NC(C)CCO)nn1. The summed E-state index contributed by atoms with van der Waals surface area (Å²) in [6.07, 6.45) is 0.718. The number of nitrogens with zero attached hydrogens (tertiary/aromatic N) is 2. The first-order valence-corrected chi connectivity index (χ1v) is 4.40. The standard InChI is InChI=1S/C9H15N3O/c1-7(5-6-13)10-9-4-3-8(2)11-12-9/h3-4,7,13H,5-6H2,1-2H3,(H,10,12). The first-order chi connectivity index (χ1) is 6.22. The highest BCUT2D eigenvalue weighted by Crippen LogP contribution is 2.04. The maximum Gasteiger partial charge on any atom is 0.148 e. The van der Waals surface area contributed by atoms with Gasteiger partial charge in [0, 0.05) is 12.6 Å². The second-order valence-corrected chi connectivity index (χ2v) is 3.12. The minimum Gasteiger partial charge on any atom is -0.396 e. The van der Waals surface area contributed by atoms with E-state index in [-0.39, 0.29) is 12.6 Å². The number of hydrogen-bond acceptors (Lipinski definition) is 4. The van der Waals surface area contributed by atoms with Crippen molar-refractivity contribution in [2.75, 3.05) is 11.9 Å². The number of aromatic nitrogens is 2. The Hall–Kier alpha value is -1.16. The average molecular weight is 181 g/mol. The van der Waals surface area contributed by atoms with Crippen LogP contribution in [0.25, 0.3) is 0 Å². The van der Waals surface area contributed by atoms with Crippen molar-refractivity contribution in [1.29, 1.82) is 0 Å². The highest BCUT2D eigenvalue weighted by Gasteiger charge is 2.01. The summed E-state index contributed by atoms with van der Waals surface area (Å²) in [6, 6.07) is 4.01. The van der Waals surface area contributed by atoms with Gasteiger partial charge in [0.25, 0.3) is 0 Å². The molecule has 4 nitrogen and oxygen atoms in total. The summed E-state index contributed by atoms with van der Waals surface area (Å²) in [7, 11) is 0. The summed E-state index contributed by atoms with van der Waals surface area (Å²) in [6.45, 7) is 4.08. The number of aliphatic hydroxyl groups excluding tert-OH is 1. The van der Waals surface area contributed by atoms with Crippen LogP contribution in [0, 0.1) is 6.92 Å². The van der Waals surface area contributed by atoms with Crippen LogP contribution in [0.4, 0.5) is 5.82 Å². The van der Waals surface area contributed by atoms with E-state index in [1.165, 1.54) is 0 Å². The fourth-order valence-electron chi connectivity index (χ4n) is 0.994. The van der Waals surface area contributed by atoms with Gasteiger partial charge in [-0.1, -0.05) is 0 Å². The maximum atomic E-state index is 8.68. The van der Waals surface area contributed by atoms with Crippen molar-refractivity contribution in [2.24, 2.45) is 0 Å². The van der Waals surface area contributed by atoms with Gasteiger partial charge in [0.05, 0.1) is 5.69 Å². The lowest BCUT2D eigenvalue weighted by atomic mass is 10.2. The minimum absolute atomic E-state index is 0.188. The van der Waals surface area contributed by atoms with Gasteiger partial charge in [-0.25, -0.2) is 0 Å². The van der Waals surface area contributed by atoms with Gasteiger partial charge in [0.2, 0.25) is 0 Å². The number of aliphatic hydroxyl groups is 1. The highest BCUT2D eigenvalue weighted by molar-refractivity contribution is 5.33. The van der Waals surface area contributed by atoms with Gasteiger partial charge in [0.15, 0.2) is 0 Å². The fourth-order valence-corrected chi connectivity index (χ4v) is 0.994. The molecule has 1 rings (SSSR count). The van der Waals surface area contributed by atoms with Crippen LogP contribution in [-0.2, 0) is 0 Å². The van der Waals surface area contributed by atoms with Crippen molar-refractivity contribution in [3.8, 4) is 0 Å². The summed E-state index contributed by atoms with van der Waals surface area (Å²) in [5.74, 6) is 0.756. The predicted octanol–water partition coefficient (Wildman–Crippen LogP) is 0.968. The Morgan fingerprint density at radius 1 is 1.46 bits per heavy atom. The van der Waals surface area contributed by atoms with Crippen molar-refractivity contribution < 1.29 is 5.11 Å². The van der Waals surface area contributed by atoms with Crippen molar-refractivity contribution in [1.82, 2.24) is 10.2 Å². The van der Waals surface area contributed by atoms with Crippen LogP contribution in [0.3, 0.4) is 0 Å². The lowest BCUT2D eigenvalue weighted by Crippen LogP contribution is -2.17. The summed E-state index contributed by atoms with van der Waals surface area (Å²) in [5.41, 5.74) is 0.903. The molecule has 13 heavy (non-hydrogen) atoms. The molecule has 72 valence electrons. The van der Waals surface area contributed by atoms with Crippen LogP contribution in [-0.4, -0.2) is 28.0 Å². The van der Waals surface area contributed by atoms with Gasteiger partial charge in [-0.05, 0) is 32.4 Å². The number of nitrogens with one attached hydrogen (secondary N) is 1. The summed E-state index contributed by atoms with van der Waals surface area (Å²) >= 11 is 0. The second-order valence-electron chi connectivity index (χ2n) is 3.12. The third-order valence-electron chi connectivity index (χ3n) is 1.75. The van der Waals surface area contributed by atoms with Gasteiger partial charge >= 0.3 is 0 Å². The Balaban J connectivity index is 2.49. The molecule has 4 heteroatoms. The van der Waals surface area contributed by atoms with Crippen molar-refractivity contribution in [3.05, 3.63) is 17.8 Å². The molecule has 0 fully saturated rings. The molecule has 1 aromatic heterocycles. The lowest BCUT2D eigenvalue weighted by Gasteiger charge is -2.11. The number of hydrogen-bond donors (Lipinski definition) is 2. The van der Waals surface area contributed by atoms with Crippen molar-refractivity contribution >= 4 is 5.82 Å². The quantitative estimate of drug-likeness (QED) is 0.726. The van der Waals surface area contributed by atoms with Crippen LogP contribution in [0.2, 0.25) is 0 Å². The van der Waals surface area contributed by atoms with Crippen LogP contribution in [0.1, 0.15) is 19.0 Å². The summed E-state index contributed by atoms with van der Waals surface area (Å²) in [4.78, 5) is 0. The van der Waals surface area contributed by atoms with E-state index in [1.54, 1.807) is 0 Å². The Morgan fingerprint density at radius 3 is 2.77 bits per heavy atom. The minimum atomic E-state index is 0.188. The molecule has 0 spiro atoms. The largest absolute Gasteiger partial charge is 0.396 e. The summed E-state index contributed by atoms with van der Waals surface area (Å²) in [5, 5.41) is 19.7. The van der Waals surface area contributed by atoms with Gasteiger partial charge in [-0.3, -0.25) is 0 Å². The number of anilines is 1. The molecule has 0 saturated carbocycles. The molecule has 0 aliphatic rings. The van der Waals surface area contributed by atoms with Gasteiger partial charge in [-0.2, -0.15) is 5.10 Å². The molecule has 2 N–H and O–H groups in total. The highest BCUT2D eigenvalue weighted by atomic mass is 16.3. The van der Waals surface area contributed by atoms with Crippen molar-refractivity contribution in [3.63, 3.8) is 0 Å². The molecule has 0 aliphatic heterocycles. The van der Waals surface area contributed by atoms with E-state index in [0.717, 1.165) is 17.9 Å². The number of aryl methyl sites for hydroxylation is 1. The van der Waals surface area contributed by atoms with E-state index >= 15 is 0 Å². The Kier molecular flexibility index (Phi) is 3.64. The molecular formula is C9H15N3O. The third kappa shape index (κ3) is 3.38. The van der Waals surface area contributed by atoms with Crippen LogP contribution in [0.15, 0.2) is 12.1 Å². The topological polar surface area (TPSA) is 58.0 Å². The monoisotopic (exact) mass is 181 g/mol. The van der Waals surface area contributed by atoms with Gasteiger partial charge in [-0.15, -0.1) is 5.10 Å². The molecule has 1 unspecified atom stereocenters. The van der Waals surface area contributed by atoms with Gasteiger partial charge in [0.1, 0.15) is 5.82 Å². The first kappa shape index (κ1) is 9.92. The zero-order valence-corrected chi connectivity index (χ0v) is 7.99. The van der Waals surface area contributed by atoms with Gasteiger partial charge < -0.3 is 10.4 Å². The Morgan fingerprint density at radius 2 is 2.23 bits per heavy atom. The van der Waals surface area contributed by atoms with E-state index < -0.39 is 0 Å². The third-order valence-corrected chi connectivity index (χ3v) is 1.75. The van der Waals surface area contributed by atoms with E-state index in [0.29, 0.717) is 0 Å². The smallest absolute Gasteiger partial charge is 0.148 e. The Labute approximate surface area is 78.0 Å². The number of rotatable bonds is 4.